The number of methoxy groups -OCH3 is 3. The van der Waals surface area contributed by atoms with Crippen molar-refractivity contribution < 1.29 is 33.3 Å². The van der Waals surface area contributed by atoms with Gasteiger partial charge in [0, 0.05) is 5.56 Å². The SMILES string of the molecule is CCCOc1c(Br)cc(C(=O)OCC(=O)c2ccc(OC)c(OC)c2)cc1OC. The molecule has 0 heterocycles. The van der Waals surface area contributed by atoms with Gasteiger partial charge in [-0.1, -0.05) is 6.92 Å². The van der Waals surface area contributed by atoms with Gasteiger partial charge in [0.2, 0.25) is 0 Å². The van der Waals surface area contributed by atoms with Crippen molar-refractivity contribution in [2.24, 2.45) is 0 Å². The Morgan fingerprint density at radius 3 is 2.17 bits per heavy atom. The molecule has 0 saturated carbocycles. The van der Waals surface area contributed by atoms with E-state index in [2.05, 4.69) is 15.9 Å². The van der Waals surface area contributed by atoms with Gasteiger partial charge in [0.25, 0.3) is 0 Å². The van der Waals surface area contributed by atoms with Crippen LogP contribution < -0.4 is 18.9 Å². The van der Waals surface area contributed by atoms with E-state index in [9.17, 15) is 9.59 Å². The first-order chi connectivity index (χ1) is 13.9. The number of hydrogen-bond acceptors (Lipinski definition) is 7. The Morgan fingerprint density at radius 1 is 0.897 bits per heavy atom. The van der Waals surface area contributed by atoms with E-state index in [1.54, 1.807) is 18.2 Å². The normalized spacial score (nSPS) is 10.2. The van der Waals surface area contributed by atoms with Gasteiger partial charge in [-0.15, -0.1) is 0 Å². The molecule has 0 amide bonds. The molecule has 2 rings (SSSR count). The van der Waals surface area contributed by atoms with Crippen molar-refractivity contribution in [1.82, 2.24) is 0 Å². The van der Waals surface area contributed by atoms with E-state index in [1.807, 2.05) is 6.92 Å². The lowest BCUT2D eigenvalue weighted by molar-refractivity contribution is 0.0474. The number of hydrogen-bond donors (Lipinski definition) is 0. The van der Waals surface area contributed by atoms with Crippen LogP contribution in [-0.4, -0.2) is 46.3 Å². The average molecular weight is 467 g/mol. The van der Waals surface area contributed by atoms with Gasteiger partial charge in [-0.25, -0.2) is 4.79 Å². The molecule has 0 aliphatic carbocycles. The maximum absolute atomic E-state index is 12.4. The van der Waals surface area contributed by atoms with Crippen LogP contribution >= 0.6 is 15.9 Å². The van der Waals surface area contributed by atoms with Gasteiger partial charge >= 0.3 is 5.97 Å². The lowest BCUT2D eigenvalue weighted by atomic mass is 10.1. The number of rotatable bonds is 10. The Labute approximate surface area is 178 Å². The third-order valence-corrected chi connectivity index (χ3v) is 4.54. The number of halogens is 1. The van der Waals surface area contributed by atoms with Crippen molar-refractivity contribution >= 4 is 27.7 Å². The monoisotopic (exact) mass is 466 g/mol. The molecule has 0 unspecified atom stereocenters. The van der Waals surface area contributed by atoms with Gasteiger partial charge in [0.1, 0.15) is 0 Å². The number of esters is 1. The van der Waals surface area contributed by atoms with E-state index in [-0.39, 0.29) is 11.3 Å². The molecule has 29 heavy (non-hydrogen) atoms. The highest BCUT2D eigenvalue weighted by Gasteiger charge is 2.18. The first kappa shape index (κ1) is 22.5. The zero-order chi connectivity index (χ0) is 21.4. The minimum atomic E-state index is -0.653. The van der Waals surface area contributed by atoms with E-state index < -0.39 is 12.6 Å². The first-order valence-electron chi connectivity index (χ1n) is 8.87. The summed E-state index contributed by atoms with van der Waals surface area (Å²) in [5.41, 5.74) is 0.579. The Bertz CT molecular complexity index is 880. The molecule has 7 nitrogen and oxygen atoms in total. The standard InChI is InChI=1S/C21H23BrO7/c1-5-8-28-20-15(22)9-14(11-19(20)27-4)21(24)29-12-16(23)13-6-7-17(25-2)18(10-13)26-3/h6-7,9-11H,5,8,12H2,1-4H3. The van der Waals surface area contributed by atoms with Gasteiger partial charge in [0.05, 0.1) is 38.0 Å². The highest BCUT2D eigenvalue weighted by atomic mass is 79.9. The molecule has 0 atom stereocenters. The Morgan fingerprint density at radius 2 is 1.55 bits per heavy atom. The second-order valence-corrected chi connectivity index (χ2v) is 6.76. The van der Waals surface area contributed by atoms with Crippen molar-refractivity contribution in [1.29, 1.82) is 0 Å². The fourth-order valence-electron chi connectivity index (χ4n) is 2.49. The molecule has 0 radical (unpaired) electrons. The molecule has 0 aliphatic heterocycles. The van der Waals surface area contributed by atoms with Crippen LogP contribution in [0.1, 0.15) is 34.1 Å². The predicted molar refractivity (Wildman–Crippen MR) is 111 cm³/mol. The molecule has 0 fully saturated rings. The largest absolute Gasteiger partial charge is 0.493 e. The Kier molecular flexibility index (Phi) is 8.33. The summed E-state index contributed by atoms with van der Waals surface area (Å²) >= 11 is 3.38. The molecule has 156 valence electrons. The van der Waals surface area contributed by atoms with E-state index >= 15 is 0 Å². The molecule has 0 N–H and O–H groups in total. The van der Waals surface area contributed by atoms with Gasteiger partial charge in [0.15, 0.2) is 35.4 Å². The number of carbonyl (C=O) groups is 2. The smallest absolute Gasteiger partial charge is 0.338 e. The summed E-state index contributed by atoms with van der Waals surface area (Å²) in [6.45, 7) is 2.09. The van der Waals surface area contributed by atoms with Crippen LogP contribution in [0, 0.1) is 0 Å². The van der Waals surface area contributed by atoms with E-state index in [0.29, 0.717) is 39.6 Å². The first-order valence-corrected chi connectivity index (χ1v) is 9.67. The highest BCUT2D eigenvalue weighted by molar-refractivity contribution is 9.10. The van der Waals surface area contributed by atoms with Crippen LogP contribution in [0.3, 0.4) is 0 Å². The topological polar surface area (TPSA) is 80.3 Å². The molecule has 8 heteroatoms. The van der Waals surface area contributed by atoms with Crippen LogP contribution in [0.15, 0.2) is 34.8 Å². The average Bonchev–Trinajstić information content (AvgIpc) is 2.75. The molecular weight excluding hydrogens is 444 g/mol. The summed E-state index contributed by atoms with van der Waals surface area (Å²) in [6.07, 6.45) is 0.831. The summed E-state index contributed by atoms with van der Waals surface area (Å²) in [4.78, 5) is 24.8. The van der Waals surface area contributed by atoms with Crippen LogP contribution in [0.2, 0.25) is 0 Å². The van der Waals surface area contributed by atoms with Crippen LogP contribution in [0.5, 0.6) is 23.0 Å². The summed E-state index contributed by atoms with van der Waals surface area (Å²) in [7, 11) is 4.47. The van der Waals surface area contributed by atoms with Crippen LogP contribution in [0.25, 0.3) is 0 Å². The fraction of sp³-hybridized carbons (Fsp3) is 0.333. The van der Waals surface area contributed by atoms with E-state index in [1.165, 1.54) is 33.5 Å². The number of ether oxygens (including phenoxy) is 5. The number of benzene rings is 2. The molecule has 0 aromatic heterocycles. The Hall–Kier alpha value is -2.74. The van der Waals surface area contributed by atoms with Gasteiger partial charge in [-0.3, -0.25) is 4.79 Å². The molecule has 0 saturated heterocycles. The molecule has 0 spiro atoms. The number of ketones is 1. The van der Waals surface area contributed by atoms with Crippen molar-refractivity contribution in [2.45, 2.75) is 13.3 Å². The summed E-state index contributed by atoms with van der Waals surface area (Å²) in [5.74, 6) is 0.802. The quantitative estimate of drug-likeness (QED) is 0.381. The minimum absolute atomic E-state index is 0.234. The van der Waals surface area contributed by atoms with Crippen molar-refractivity contribution in [3.63, 3.8) is 0 Å². The van der Waals surface area contributed by atoms with Crippen molar-refractivity contribution in [3.8, 4) is 23.0 Å². The third kappa shape index (κ3) is 5.63. The second kappa shape index (κ2) is 10.7. The molecule has 0 aliphatic rings. The molecule has 2 aromatic carbocycles. The number of carbonyl (C=O) groups excluding carboxylic acids is 2. The third-order valence-electron chi connectivity index (χ3n) is 3.96. The van der Waals surface area contributed by atoms with Gasteiger partial charge in [-0.05, 0) is 52.7 Å². The maximum atomic E-state index is 12.4. The summed E-state index contributed by atoms with van der Waals surface area (Å²) < 4.78 is 27.0. The van der Waals surface area contributed by atoms with Gasteiger partial charge in [-0.2, -0.15) is 0 Å². The maximum Gasteiger partial charge on any atom is 0.338 e. The van der Waals surface area contributed by atoms with Crippen molar-refractivity contribution in [3.05, 3.63) is 45.9 Å². The molecule has 0 bridgehead atoms. The molecular formula is C21H23BrO7. The van der Waals surface area contributed by atoms with Gasteiger partial charge < -0.3 is 23.7 Å². The lowest BCUT2D eigenvalue weighted by Gasteiger charge is -2.14. The minimum Gasteiger partial charge on any atom is -0.493 e. The highest BCUT2D eigenvalue weighted by Crippen LogP contribution is 2.37. The Balaban J connectivity index is 2.10. The van der Waals surface area contributed by atoms with Crippen LogP contribution in [0.4, 0.5) is 0 Å². The fourth-order valence-corrected chi connectivity index (χ4v) is 3.05. The molecule has 2 aromatic rings. The van der Waals surface area contributed by atoms with E-state index in [4.69, 9.17) is 23.7 Å². The zero-order valence-electron chi connectivity index (χ0n) is 16.7. The predicted octanol–water partition coefficient (Wildman–Crippen LogP) is 4.30. The van der Waals surface area contributed by atoms with Crippen LogP contribution in [-0.2, 0) is 4.74 Å². The summed E-state index contributed by atoms with van der Waals surface area (Å²) in [6, 6.07) is 7.81. The zero-order valence-corrected chi connectivity index (χ0v) is 18.3. The van der Waals surface area contributed by atoms with E-state index in [0.717, 1.165) is 6.42 Å². The second-order valence-electron chi connectivity index (χ2n) is 5.91. The lowest BCUT2D eigenvalue weighted by Crippen LogP contribution is -2.15. The number of Topliss-reactive ketones (excluding diaryl/α,β-unsaturated/α-hetero) is 1. The van der Waals surface area contributed by atoms with Crippen molar-refractivity contribution in [2.75, 3.05) is 34.5 Å². The summed E-state index contributed by atoms with van der Waals surface area (Å²) in [5, 5.41) is 0.